The molecule has 3 aliphatic heterocycles. The summed E-state index contributed by atoms with van der Waals surface area (Å²) >= 11 is 0. The van der Waals surface area contributed by atoms with Gasteiger partial charge in [0.05, 0.1) is 12.0 Å². The van der Waals surface area contributed by atoms with Gasteiger partial charge in [-0.15, -0.1) is 0 Å². The first-order chi connectivity index (χ1) is 7.25. The maximum absolute atomic E-state index is 12.1. The highest BCUT2D eigenvalue weighted by Gasteiger charge is 2.47. The molecular weight excluding hydrogens is 192 g/mol. The van der Waals surface area contributed by atoms with Crippen molar-refractivity contribution in [1.29, 1.82) is 0 Å². The smallest absolute Gasteiger partial charge is 0.227 e. The van der Waals surface area contributed by atoms with Crippen molar-refractivity contribution in [3.8, 4) is 0 Å². The Morgan fingerprint density at radius 2 is 2.07 bits per heavy atom. The zero-order valence-electron chi connectivity index (χ0n) is 8.85. The number of hydrogen-bond acceptors (Lipinski definition) is 3. The van der Waals surface area contributed by atoms with Gasteiger partial charge in [-0.05, 0) is 19.4 Å². The Hall–Kier alpha value is -0.610. The summed E-state index contributed by atoms with van der Waals surface area (Å²) in [7, 11) is 0. The van der Waals surface area contributed by atoms with E-state index in [2.05, 4.69) is 5.32 Å². The number of rotatable bonds is 1. The standard InChI is InChI=1S/C11H18N2O2/c14-10-8-3-9(10)6-13(5-8)11(15)7-1-2-12-4-7/h7-10,12,14H,1-6H2/t7-,8-,9+,10?/m0/s1. The average molecular weight is 210 g/mol. The van der Waals surface area contributed by atoms with E-state index in [0.717, 1.165) is 39.0 Å². The van der Waals surface area contributed by atoms with Crippen LogP contribution in [0.3, 0.4) is 0 Å². The first-order valence-corrected chi connectivity index (χ1v) is 5.93. The van der Waals surface area contributed by atoms with Crippen LogP contribution in [0, 0.1) is 17.8 Å². The molecule has 84 valence electrons. The van der Waals surface area contributed by atoms with Gasteiger partial charge in [-0.1, -0.05) is 0 Å². The third-order valence-corrected chi connectivity index (χ3v) is 4.20. The third-order valence-electron chi connectivity index (χ3n) is 4.20. The van der Waals surface area contributed by atoms with Crippen molar-refractivity contribution in [2.24, 2.45) is 17.8 Å². The number of nitrogens with one attached hydrogen (secondary N) is 1. The molecule has 1 amide bonds. The molecule has 4 aliphatic rings. The monoisotopic (exact) mass is 210 g/mol. The van der Waals surface area contributed by atoms with Crippen molar-refractivity contribution in [3.05, 3.63) is 0 Å². The van der Waals surface area contributed by atoms with Gasteiger partial charge in [-0.3, -0.25) is 4.79 Å². The van der Waals surface area contributed by atoms with Crippen LogP contribution in [0.1, 0.15) is 12.8 Å². The fourth-order valence-corrected chi connectivity index (χ4v) is 3.17. The summed E-state index contributed by atoms with van der Waals surface area (Å²) in [5, 5.41) is 12.9. The molecule has 4 fully saturated rings. The van der Waals surface area contributed by atoms with E-state index in [9.17, 15) is 9.90 Å². The van der Waals surface area contributed by atoms with Crippen molar-refractivity contribution >= 4 is 5.91 Å². The average Bonchev–Trinajstić information content (AvgIpc) is 2.81. The van der Waals surface area contributed by atoms with Crippen LogP contribution in [0.25, 0.3) is 0 Å². The molecule has 4 atom stereocenters. The van der Waals surface area contributed by atoms with E-state index in [-0.39, 0.29) is 12.0 Å². The SMILES string of the molecule is O=C([C@H]1CCNC1)N1C[C@H]2C[C@@H](C1)C2O. The number of amides is 1. The Morgan fingerprint density at radius 3 is 2.60 bits per heavy atom. The quantitative estimate of drug-likeness (QED) is 0.610. The van der Waals surface area contributed by atoms with Gasteiger partial charge in [-0.25, -0.2) is 0 Å². The third kappa shape index (κ3) is 1.47. The fraction of sp³-hybridized carbons (Fsp3) is 0.909. The number of piperidine rings is 2. The highest BCUT2D eigenvalue weighted by molar-refractivity contribution is 5.79. The molecule has 15 heavy (non-hydrogen) atoms. The van der Waals surface area contributed by atoms with Gasteiger partial charge in [0.15, 0.2) is 0 Å². The summed E-state index contributed by atoms with van der Waals surface area (Å²) in [6.07, 6.45) is 1.97. The molecule has 0 aromatic carbocycles. The van der Waals surface area contributed by atoms with Crippen molar-refractivity contribution in [3.63, 3.8) is 0 Å². The van der Waals surface area contributed by atoms with Crippen molar-refractivity contribution in [2.75, 3.05) is 26.2 Å². The van der Waals surface area contributed by atoms with Crippen LogP contribution in [-0.2, 0) is 4.79 Å². The molecule has 3 saturated heterocycles. The maximum atomic E-state index is 12.1. The second-order valence-electron chi connectivity index (χ2n) is 5.18. The van der Waals surface area contributed by atoms with E-state index in [1.807, 2.05) is 4.90 Å². The van der Waals surface area contributed by atoms with Gasteiger partial charge < -0.3 is 15.3 Å². The largest absolute Gasteiger partial charge is 0.392 e. The first kappa shape index (κ1) is 9.60. The van der Waals surface area contributed by atoms with Crippen LogP contribution >= 0.6 is 0 Å². The summed E-state index contributed by atoms with van der Waals surface area (Å²) in [6, 6.07) is 0. The van der Waals surface area contributed by atoms with Gasteiger partial charge in [0.2, 0.25) is 5.91 Å². The molecule has 0 aromatic heterocycles. The minimum Gasteiger partial charge on any atom is -0.392 e. The van der Waals surface area contributed by atoms with E-state index < -0.39 is 0 Å². The lowest BCUT2D eigenvalue weighted by Gasteiger charge is -2.51. The van der Waals surface area contributed by atoms with E-state index in [0.29, 0.717) is 17.7 Å². The van der Waals surface area contributed by atoms with Gasteiger partial charge in [0.25, 0.3) is 0 Å². The van der Waals surface area contributed by atoms with Crippen LogP contribution in [0.4, 0.5) is 0 Å². The van der Waals surface area contributed by atoms with E-state index >= 15 is 0 Å². The molecule has 3 heterocycles. The Morgan fingerprint density at radius 1 is 1.33 bits per heavy atom. The number of hydrogen-bond donors (Lipinski definition) is 2. The van der Waals surface area contributed by atoms with Crippen LogP contribution < -0.4 is 5.32 Å². The molecule has 2 bridgehead atoms. The van der Waals surface area contributed by atoms with Crippen LogP contribution in [0.2, 0.25) is 0 Å². The molecule has 1 unspecified atom stereocenters. The summed E-state index contributed by atoms with van der Waals surface area (Å²) in [6.45, 7) is 3.38. The summed E-state index contributed by atoms with van der Waals surface area (Å²) in [5.41, 5.74) is 0. The topological polar surface area (TPSA) is 52.6 Å². The number of nitrogens with zero attached hydrogens (tertiary/aromatic N) is 1. The predicted octanol–water partition coefficient (Wildman–Crippen LogP) is -0.565. The molecule has 0 aromatic rings. The summed E-state index contributed by atoms with van der Waals surface area (Å²) < 4.78 is 0. The molecule has 0 spiro atoms. The van der Waals surface area contributed by atoms with Crippen molar-refractivity contribution < 1.29 is 9.90 Å². The highest BCUT2D eigenvalue weighted by atomic mass is 16.3. The fourth-order valence-electron chi connectivity index (χ4n) is 3.17. The zero-order chi connectivity index (χ0) is 10.4. The second-order valence-corrected chi connectivity index (χ2v) is 5.18. The second kappa shape index (κ2) is 3.46. The van der Waals surface area contributed by atoms with E-state index in [4.69, 9.17) is 0 Å². The number of aliphatic hydroxyl groups is 1. The molecule has 0 radical (unpaired) electrons. The molecular formula is C11H18N2O2. The molecule has 1 saturated carbocycles. The molecule has 4 heteroatoms. The maximum Gasteiger partial charge on any atom is 0.227 e. The minimum absolute atomic E-state index is 0.129. The molecule has 4 rings (SSSR count). The number of carbonyl (C=O) groups excluding carboxylic acids is 1. The Kier molecular flexibility index (Phi) is 2.21. The molecule has 1 aliphatic carbocycles. The van der Waals surface area contributed by atoms with E-state index in [1.54, 1.807) is 0 Å². The summed E-state index contributed by atoms with van der Waals surface area (Å²) in [4.78, 5) is 14.1. The zero-order valence-corrected chi connectivity index (χ0v) is 8.85. The summed E-state index contributed by atoms with van der Waals surface area (Å²) in [5.74, 6) is 1.23. The lowest BCUT2D eigenvalue weighted by Crippen LogP contribution is -2.60. The lowest BCUT2D eigenvalue weighted by atomic mass is 9.68. The van der Waals surface area contributed by atoms with Gasteiger partial charge in [0.1, 0.15) is 0 Å². The Balaban J connectivity index is 1.61. The Labute approximate surface area is 89.6 Å². The van der Waals surface area contributed by atoms with Gasteiger partial charge in [-0.2, -0.15) is 0 Å². The highest BCUT2D eigenvalue weighted by Crippen LogP contribution is 2.40. The van der Waals surface area contributed by atoms with Gasteiger partial charge >= 0.3 is 0 Å². The van der Waals surface area contributed by atoms with Crippen LogP contribution in [0.5, 0.6) is 0 Å². The van der Waals surface area contributed by atoms with Gasteiger partial charge in [0, 0.05) is 31.5 Å². The van der Waals surface area contributed by atoms with Crippen LogP contribution in [-0.4, -0.2) is 48.2 Å². The lowest BCUT2D eigenvalue weighted by molar-refractivity contribution is -0.153. The van der Waals surface area contributed by atoms with Crippen LogP contribution in [0.15, 0.2) is 0 Å². The predicted molar refractivity (Wildman–Crippen MR) is 55.2 cm³/mol. The van der Waals surface area contributed by atoms with Crippen molar-refractivity contribution in [2.45, 2.75) is 18.9 Å². The first-order valence-electron chi connectivity index (χ1n) is 5.93. The van der Waals surface area contributed by atoms with E-state index in [1.165, 1.54) is 0 Å². The number of aliphatic hydroxyl groups excluding tert-OH is 1. The minimum atomic E-state index is -0.129. The molecule has 2 N–H and O–H groups in total. The molecule has 4 nitrogen and oxygen atoms in total. The number of carbonyl (C=O) groups is 1. The Bertz CT molecular complexity index is 264. The normalized spacial score (nSPS) is 43.9. The van der Waals surface area contributed by atoms with Crippen molar-refractivity contribution in [1.82, 2.24) is 10.2 Å². The number of fused-ring (bicyclic) bond motifs is 2.